The summed E-state index contributed by atoms with van der Waals surface area (Å²) in [4.78, 5) is 23.8. The summed E-state index contributed by atoms with van der Waals surface area (Å²) in [5.74, 6) is -0.648. The minimum atomic E-state index is -0.324. The van der Waals surface area contributed by atoms with E-state index in [9.17, 15) is 9.59 Å². The first-order valence-electron chi connectivity index (χ1n) is 17.4. The second-order valence-corrected chi connectivity index (χ2v) is 11.9. The van der Waals surface area contributed by atoms with Crippen LogP contribution in [0.5, 0.6) is 0 Å². The maximum absolute atomic E-state index is 11.9. The van der Waals surface area contributed by atoms with E-state index in [1.807, 2.05) is 0 Å². The predicted molar refractivity (Wildman–Crippen MR) is 174 cm³/mol. The fourth-order valence-corrected chi connectivity index (χ4v) is 5.33. The molecule has 0 aromatic rings. The van der Waals surface area contributed by atoms with Crippen molar-refractivity contribution in [3.05, 3.63) is 0 Å². The maximum atomic E-state index is 11.9. The number of esters is 2. The second-order valence-electron chi connectivity index (χ2n) is 11.9. The first-order valence-corrected chi connectivity index (χ1v) is 17.4. The summed E-state index contributed by atoms with van der Waals surface area (Å²) in [7, 11) is 0. The summed E-state index contributed by atoms with van der Waals surface area (Å²) >= 11 is 0. The predicted octanol–water partition coefficient (Wildman–Crippen LogP) is 11.3. The Labute approximate surface area is 275 Å². The molecule has 0 rings (SSSR count). The van der Waals surface area contributed by atoms with Crippen LogP contribution in [0.4, 0.5) is 0 Å². The molecular formula is C35H70CaO3. The Morgan fingerprint density at radius 2 is 0.513 bits per heavy atom. The number of carbonyl (C=O) groups is 2. The normalized spacial score (nSPS) is 10.9. The zero-order valence-corrected chi connectivity index (χ0v) is 26.1. The molecule has 0 radical (unpaired) electrons. The van der Waals surface area contributed by atoms with Crippen LogP contribution >= 0.6 is 0 Å². The Hall–Kier alpha value is 0.400. The third-order valence-electron chi connectivity index (χ3n) is 7.95. The molecule has 0 saturated carbocycles. The molecule has 4 heteroatoms. The number of ether oxygens (including phenoxy) is 1. The zero-order valence-electron chi connectivity index (χ0n) is 26.1. The van der Waals surface area contributed by atoms with Gasteiger partial charge in [0.25, 0.3) is 0 Å². The van der Waals surface area contributed by atoms with Crippen molar-refractivity contribution in [3.63, 3.8) is 0 Å². The van der Waals surface area contributed by atoms with Gasteiger partial charge in [0.15, 0.2) is 0 Å². The Bertz CT molecular complexity index is 494. The van der Waals surface area contributed by atoms with Crippen molar-refractivity contribution in [2.75, 3.05) is 0 Å². The Morgan fingerprint density at radius 3 is 0.718 bits per heavy atom. The van der Waals surface area contributed by atoms with Gasteiger partial charge in [-0.2, -0.15) is 0 Å². The van der Waals surface area contributed by atoms with Crippen molar-refractivity contribution in [2.24, 2.45) is 0 Å². The van der Waals surface area contributed by atoms with Crippen LogP contribution < -0.4 is 0 Å². The fraction of sp³-hybridized carbons (Fsp3) is 0.943. The van der Waals surface area contributed by atoms with Crippen LogP contribution in [0.25, 0.3) is 0 Å². The topological polar surface area (TPSA) is 43.4 Å². The van der Waals surface area contributed by atoms with E-state index in [0.29, 0.717) is 12.8 Å². The summed E-state index contributed by atoms with van der Waals surface area (Å²) in [6.45, 7) is 4.55. The van der Waals surface area contributed by atoms with Crippen molar-refractivity contribution in [1.82, 2.24) is 0 Å². The van der Waals surface area contributed by atoms with Crippen molar-refractivity contribution in [3.8, 4) is 0 Å². The average Bonchev–Trinajstić information content (AvgIpc) is 2.91. The van der Waals surface area contributed by atoms with E-state index in [1.165, 1.54) is 161 Å². The summed E-state index contributed by atoms with van der Waals surface area (Å²) in [5, 5.41) is 0. The van der Waals surface area contributed by atoms with Crippen LogP contribution in [-0.2, 0) is 14.3 Å². The molecule has 0 spiro atoms. The van der Waals surface area contributed by atoms with Gasteiger partial charge in [0.05, 0.1) is 0 Å². The minimum absolute atomic E-state index is 0. The fourth-order valence-electron chi connectivity index (χ4n) is 5.33. The summed E-state index contributed by atoms with van der Waals surface area (Å²) in [5.41, 5.74) is 0. The average molecular weight is 579 g/mol. The summed E-state index contributed by atoms with van der Waals surface area (Å²) in [6, 6.07) is 0. The number of unbranched alkanes of at least 4 members (excludes halogenated alkanes) is 27. The van der Waals surface area contributed by atoms with Crippen molar-refractivity contribution in [1.29, 1.82) is 0 Å². The monoisotopic (exact) mass is 578 g/mol. The van der Waals surface area contributed by atoms with Crippen LogP contribution in [-0.4, -0.2) is 49.7 Å². The molecule has 39 heavy (non-hydrogen) atoms. The molecule has 0 aliphatic carbocycles. The van der Waals surface area contributed by atoms with E-state index in [0.717, 1.165) is 25.7 Å². The molecule has 0 bridgehead atoms. The number of carbonyl (C=O) groups excluding carboxylic acids is 2. The first-order chi connectivity index (χ1) is 18.7. The standard InChI is InChI=1S/C35H68O3.Ca.2H/c1-3-5-7-9-11-13-15-17-19-21-23-25-27-29-31-33-35(37)38-34(36)32-30-28-26-24-22-20-18-16-14-12-10-8-6-4-2;;;/h3-33H2,1-2H3;;;. The van der Waals surface area contributed by atoms with Gasteiger partial charge in [0, 0.05) is 12.8 Å². The Balaban J connectivity index is 0. The van der Waals surface area contributed by atoms with Crippen LogP contribution in [0.15, 0.2) is 0 Å². The molecule has 0 aromatic carbocycles. The van der Waals surface area contributed by atoms with Crippen molar-refractivity contribution < 1.29 is 14.3 Å². The van der Waals surface area contributed by atoms with Gasteiger partial charge in [-0.3, -0.25) is 9.59 Å². The number of hydrogen-bond donors (Lipinski definition) is 0. The van der Waals surface area contributed by atoms with Crippen LogP contribution in [0.2, 0.25) is 0 Å². The van der Waals surface area contributed by atoms with Gasteiger partial charge in [0.2, 0.25) is 0 Å². The molecule has 0 fully saturated rings. The van der Waals surface area contributed by atoms with E-state index in [2.05, 4.69) is 13.8 Å². The first kappa shape index (κ1) is 41.5. The molecule has 0 aromatic heterocycles. The number of hydrogen-bond acceptors (Lipinski definition) is 3. The zero-order chi connectivity index (χ0) is 27.8. The van der Waals surface area contributed by atoms with E-state index in [4.69, 9.17) is 4.74 Å². The van der Waals surface area contributed by atoms with Crippen molar-refractivity contribution >= 4 is 49.7 Å². The van der Waals surface area contributed by atoms with E-state index >= 15 is 0 Å². The molecule has 0 aliphatic rings. The molecule has 3 nitrogen and oxygen atoms in total. The quantitative estimate of drug-likeness (QED) is 0.0355. The van der Waals surface area contributed by atoms with E-state index < -0.39 is 0 Å². The van der Waals surface area contributed by atoms with Gasteiger partial charge in [-0.05, 0) is 12.8 Å². The van der Waals surface area contributed by atoms with Crippen LogP contribution in [0.3, 0.4) is 0 Å². The van der Waals surface area contributed by atoms with Gasteiger partial charge in [-0.25, -0.2) is 0 Å². The molecule has 0 unspecified atom stereocenters. The molecule has 0 aliphatic heterocycles. The molecule has 0 N–H and O–H groups in total. The third-order valence-corrected chi connectivity index (χ3v) is 7.95. The summed E-state index contributed by atoms with van der Waals surface area (Å²) < 4.78 is 5.01. The molecule has 0 atom stereocenters. The van der Waals surface area contributed by atoms with Gasteiger partial charge < -0.3 is 4.74 Å². The van der Waals surface area contributed by atoms with E-state index in [1.54, 1.807) is 0 Å². The molecule has 0 saturated heterocycles. The van der Waals surface area contributed by atoms with Gasteiger partial charge in [0.1, 0.15) is 0 Å². The Morgan fingerprint density at radius 1 is 0.333 bits per heavy atom. The molecule has 230 valence electrons. The number of rotatable bonds is 31. The molecule has 0 amide bonds. The third kappa shape index (κ3) is 36.4. The SMILES string of the molecule is CCCCCCCCCCCCCCCCCC(=O)OC(=O)CCCCCCCCCCCCCCCC.[CaH2]. The van der Waals surface area contributed by atoms with Crippen molar-refractivity contribution in [2.45, 2.75) is 213 Å². The van der Waals surface area contributed by atoms with Crippen LogP contribution in [0.1, 0.15) is 213 Å². The Kier molecular flexibility index (Phi) is 38.8. The molecular weight excluding hydrogens is 508 g/mol. The van der Waals surface area contributed by atoms with Gasteiger partial charge in [-0.15, -0.1) is 0 Å². The second kappa shape index (κ2) is 36.4. The van der Waals surface area contributed by atoms with E-state index in [-0.39, 0.29) is 49.7 Å². The molecule has 0 heterocycles. The van der Waals surface area contributed by atoms with Gasteiger partial charge >= 0.3 is 49.7 Å². The van der Waals surface area contributed by atoms with Gasteiger partial charge in [-0.1, -0.05) is 187 Å². The van der Waals surface area contributed by atoms with Crippen LogP contribution in [0, 0.1) is 0 Å². The summed E-state index contributed by atoms with van der Waals surface area (Å²) in [6.07, 6.45) is 38.6.